The van der Waals surface area contributed by atoms with Crippen LogP contribution >= 0.6 is 0 Å². The topological polar surface area (TPSA) is 100 Å². The largest absolute Gasteiger partial charge is 0.351 e. The number of urea groups is 1. The molecule has 2 heterocycles. The van der Waals surface area contributed by atoms with Crippen molar-refractivity contribution in [3.05, 3.63) is 47.6 Å². The summed E-state index contributed by atoms with van der Waals surface area (Å²) < 4.78 is 5.37. The van der Waals surface area contributed by atoms with Gasteiger partial charge in [0.25, 0.3) is 0 Å². The van der Waals surface area contributed by atoms with Crippen LogP contribution in [-0.2, 0) is 11.2 Å². The van der Waals surface area contributed by atoms with Crippen LogP contribution in [0.1, 0.15) is 42.5 Å². The lowest BCUT2D eigenvalue weighted by Gasteiger charge is -2.37. The molecule has 2 atom stereocenters. The van der Waals surface area contributed by atoms with Crippen molar-refractivity contribution in [2.24, 2.45) is 5.92 Å². The van der Waals surface area contributed by atoms with Gasteiger partial charge in [0.2, 0.25) is 11.8 Å². The van der Waals surface area contributed by atoms with Crippen LogP contribution in [-0.4, -0.2) is 52.7 Å². The van der Waals surface area contributed by atoms with Gasteiger partial charge in [0.15, 0.2) is 5.82 Å². The van der Waals surface area contributed by atoms with E-state index in [-0.39, 0.29) is 29.8 Å². The van der Waals surface area contributed by atoms with E-state index in [0.717, 1.165) is 19.3 Å². The standard InChI is InChI=1S/C21H27N5O3/c1-14-23-20(29-25-14)17-10-12-26(13-18(17)24-19(27)16-7-8-16)21(28)22-11-9-15-5-3-2-4-6-15/h2-6,16-18H,7-13H2,1H3,(H,22,28)(H,24,27)/t17-,18+/m0/s1. The van der Waals surface area contributed by atoms with Gasteiger partial charge in [-0.3, -0.25) is 4.79 Å². The summed E-state index contributed by atoms with van der Waals surface area (Å²) in [6.07, 6.45) is 3.33. The number of hydrogen-bond acceptors (Lipinski definition) is 5. The predicted molar refractivity (Wildman–Crippen MR) is 106 cm³/mol. The first-order chi connectivity index (χ1) is 14.1. The molecule has 1 saturated heterocycles. The molecule has 0 unspecified atom stereocenters. The van der Waals surface area contributed by atoms with Gasteiger partial charge in [-0.2, -0.15) is 4.98 Å². The second kappa shape index (κ2) is 8.63. The molecule has 8 heteroatoms. The van der Waals surface area contributed by atoms with Crippen molar-refractivity contribution < 1.29 is 14.1 Å². The molecule has 0 spiro atoms. The van der Waals surface area contributed by atoms with Gasteiger partial charge in [0.1, 0.15) is 0 Å². The normalized spacial score (nSPS) is 21.6. The molecule has 154 valence electrons. The van der Waals surface area contributed by atoms with E-state index in [1.54, 1.807) is 11.8 Å². The van der Waals surface area contributed by atoms with Gasteiger partial charge in [-0.15, -0.1) is 0 Å². The number of hydrogen-bond donors (Lipinski definition) is 2. The van der Waals surface area contributed by atoms with Gasteiger partial charge in [-0.1, -0.05) is 35.5 Å². The van der Waals surface area contributed by atoms with Crippen molar-refractivity contribution in [1.82, 2.24) is 25.7 Å². The second-order valence-corrected chi connectivity index (χ2v) is 7.88. The van der Waals surface area contributed by atoms with Gasteiger partial charge in [-0.05, 0) is 38.2 Å². The minimum Gasteiger partial charge on any atom is -0.351 e. The number of rotatable bonds is 6. The zero-order valence-electron chi connectivity index (χ0n) is 16.6. The minimum absolute atomic E-state index is 0.0579. The molecule has 0 radical (unpaired) electrons. The smallest absolute Gasteiger partial charge is 0.317 e. The first kappa shape index (κ1) is 19.4. The Morgan fingerprint density at radius 3 is 2.69 bits per heavy atom. The zero-order valence-corrected chi connectivity index (χ0v) is 16.6. The van der Waals surface area contributed by atoms with Crippen LogP contribution in [0.25, 0.3) is 0 Å². The Balaban J connectivity index is 1.36. The molecule has 29 heavy (non-hydrogen) atoms. The maximum absolute atomic E-state index is 12.7. The number of aromatic nitrogens is 2. The first-order valence-electron chi connectivity index (χ1n) is 10.3. The number of carbonyl (C=O) groups is 2. The van der Waals surface area contributed by atoms with Crippen molar-refractivity contribution in [3.8, 4) is 0 Å². The van der Waals surface area contributed by atoms with E-state index in [2.05, 4.69) is 20.8 Å². The molecule has 1 aliphatic carbocycles. The number of likely N-dealkylation sites (tertiary alicyclic amines) is 1. The Morgan fingerprint density at radius 2 is 2.00 bits per heavy atom. The maximum Gasteiger partial charge on any atom is 0.317 e. The van der Waals surface area contributed by atoms with Crippen LogP contribution in [0.4, 0.5) is 4.79 Å². The Hall–Kier alpha value is -2.90. The highest BCUT2D eigenvalue weighted by Crippen LogP contribution is 2.32. The average Bonchev–Trinajstić information content (AvgIpc) is 3.50. The van der Waals surface area contributed by atoms with Crippen LogP contribution in [0.3, 0.4) is 0 Å². The molecule has 4 rings (SSSR count). The van der Waals surface area contributed by atoms with E-state index >= 15 is 0 Å². The van der Waals surface area contributed by atoms with Crippen LogP contribution in [0.15, 0.2) is 34.9 Å². The van der Waals surface area contributed by atoms with E-state index in [0.29, 0.717) is 37.8 Å². The summed E-state index contributed by atoms with van der Waals surface area (Å²) in [6, 6.07) is 9.74. The number of piperidine rings is 1. The van der Waals surface area contributed by atoms with Crippen LogP contribution in [0, 0.1) is 12.8 Å². The molecular formula is C21H27N5O3. The molecule has 1 aromatic carbocycles. The Morgan fingerprint density at radius 1 is 1.21 bits per heavy atom. The first-order valence-corrected chi connectivity index (χ1v) is 10.3. The minimum atomic E-state index is -0.225. The Kier molecular flexibility index (Phi) is 5.78. The van der Waals surface area contributed by atoms with Gasteiger partial charge < -0.3 is 20.1 Å². The molecule has 1 aromatic heterocycles. The fourth-order valence-corrected chi connectivity index (χ4v) is 3.76. The number of amides is 3. The monoisotopic (exact) mass is 397 g/mol. The molecular weight excluding hydrogens is 370 g/mol. The van der Waals surface area contributed by atoms with E-state index in [1.807, 2.05) is 30.3 Å². The molecule has 1 saturated carbocycles. The molecule has 2 aromatic rings. The number of nitrogens with zero attached hydrogens (tertiary/aromatic N) is 3. The van der Waals surface area contributed by atoms with Crippen molar-refractivity contribution in [2.45, 2.75) is 44.6 Å². The summed E-state index contributed by atoms with van der Waals surface area (Å²) in [4.78, 5) is 31.2. The van der Waals surface area contributed by atoms with E-state index in [1.165, 1.54) is 5.56 Å². The van der Waals surface area contributed by atoms with Crippen LogP contribution in [0.5, 0.6) is 0 Å². The third-order valence-electron chi connectivity index (χ3n) is 5.57. The molecule has 0 bridgehead atoms. The molecule has 2 N–H and O–H groups in total. The van der Waals surface area contributed by atoms with Gasteiger partial charge in [0, 0.05) is 25.6 Å². The van der Waals surface area contributed by atoms with Crippen LogP contribution < -0.4 is 10.6 Å². The number of carbonyl (C=O) groups excluding carboxylic acids is 2. The van der Waals surface area contributed by atoms with E-state index < -0.39 is 0 Å². The van der Waals surface area contributed by atoms with Crippen molar-refractivity contribution in [2.75, 3.05) is 19.6 Å². The zero-order chi connectivity index (χ0) is 20.2. The van der Waals surface area contributed by atoms with Gasteiger partial charge >= 0.3 is 6.03 Å². The van der Waals surface area contributed by atoms with Crippen molar-refractivity contribution >= 4 is 11.9 Å². The number of benzene rings is 1. The molecule has 3 amide bonds. The average molecular weight is 397 g/mol. The third-order valence-corrected chi connectivity index (χ3v) is 5.57. The second-order valence-electron chi connectivity index (χ2n) is 7.88. The summed E-state index contributed by atoms with van der Waals surface area (Å²) in [6.45, 7) is 3.37. The van der Waals surface area contributed by atoms with E-state index in [4.69, 9.17) is 4.52 Å². The van der Waals surface area contributed by atoms with Gasteiger partial charge in [-0.25, -0.2) is 4.79 Å². The van der Waals surface area contributed by atoms with E-state index in [9.17, 15) is 9.59 Å². The summed E-state index contributed by atoms with van der Waals surface area (Å²) in [5.41, 5.74) is 1.19. The lowest BCUT2D eigenvalue weighted by Crippen LogP contribution is -2.55. The summed E-state index contributed by atoms with van der Waals surface area (Å²) >= 11 is 0. The lowest BCUT2D eigenvalue weighted by molar-refractivity contribution is -0.123. The lowest BCUT2D eigenvalue weighted by atomic mass is 9.91. The highest BCUT2D eigenvalue weighted by molar-refractivity contribution is 5.81. The quantitative estimate of drug-likeness (QED) is 0.777. The SMILES string of the molecule is Cc1noc([C@H]2CCN(C(=O)NCCc3ccccc3)C[C@H]2NC(=O)C2CC2)n1. The fraction of sp³-hybridized carbons (Fsp3) is 0.524. The Labute approximate surface area is 170 Å². The van der Waals surface area contributed by atoms with Gasteiger partial charge in [0.05, 0.1) is 12.0 Å². The Bertz CT molecular complexity index is 849. The van der Waals surface area contributed by atoms with Crippen molar-refractivity contribution in [1.29, 1.82) is 0 Å². The summed E-state index contributed by atoms with van der Waals surface area (Å²) in [5, 5.41) is 9.99. The fourth-order valence-electron chi connectivity index (χ4n) is 3.76. The number of aryl methyl sites for hydroxylation is 1. The maximum atomic E-state index is 12.7. The molecule has 8 nitrogen and oxygen atoms in total. The van der Waals surface area contributed by atoms with Crippen LogP contribution in [0.2, 0.25) is 0 Å². The molecule has 2 aliphatic rings. The number of nitrogens with one attached hydrogen (secondary N) is 2. The highest BCUT2D eigenvalue weighted by Gasteiger charge is 2.39. The van der Waals surface area contributed by atoms with Crippen molar-refractivity contribution in [3.63, 3.8) is 0 Å². The summed E-state index contributed by atoms with van der Waals surface area (Å²) in [5.74, 6) is 1.20. The highest BCUT2D eigenvalue weighted by atomic mass is 16.5. The third kappa shape index (κ3) is 4.93. The molecule has 1 aliphatic heterocycles. The summed E-state index contributed by atoms with van der Waals surface area (Å²) in [7, 11) is 0. The molecule has 2 fully saturated rings. The predicted octanol–water partition coefficient (Wildman–Crippen LogP) is 2.01.